The Balaban J connectivity index is 1.90. The molecule has 1 N–H and O–H groups in total. The SMILES string of the molecule is CC1(C)Cc2cc(Br)cc(CC3CCCN3)c2O1. The molecule has 0 bridgehead atoms. The zero-order valence-corrected chi connectivity index (χ0v) is 12.6. The Hall–Kier alpha value is -0.540. The average molecular weight is 310 g/mol. The van der Waals surface area contributed by atoms with E-state index < -0.39 is 0 Å². The predicted molar refractivity (Wildman–Crippen MR) is 77.3 cm³/mol. The maximum atomic E-state index is 6.14. The van der Waals surface area contributed by atoms with Gasteiger partial charge in [-0.25, -0.2) is 0 Å². The van der Waals surface area contributed by atoms with E-state index in [4.69, 9.17) is 4.74 Å². The molecule has 0 spiro atoms. The molecule has 3 heteroatoms. The van der Waals surface area contributed by atoms with Crippen LogP contribution in [0.4, 0.5) is 0 Å². The van der Waals surface area contributed by atoms with Gasteiger partial charge in [-0.05, 0) is 62.9 Å². The molecule has 2 heterocycles. The van der Waals surface area contributed by atoms with Crippen LogP contribution in [0.25, 0.3) is 0 Å². The van der Waals surface area contributed by atoms with Crippen molar-refractivity contribution in [3.8, 4) is 5.75 Å². The lowest BCUT2D eigenvalue weighted by molar-refractivity contribution is 0.137. The minimum atomic E-state index is -0.0546. The van der Waals surface area contributed by atoms with Gasteiger partial charge in [0, 0.05) is 16.9 Å². The van der Waals surface area contributed by atoms with Gasteiger partial charge in [-0.1, -0.05) is 15.9 Å². The van der Waals surface area contributed by atoms with Crippen molar-refractivity contribution in [3.05, 3.63) is 27.7 Å². The quantitative estimate of drug-likeness (QED) is 0.903. The van der Waals surface area contributed by atoms with Crippen molar-refractivity contribution in [2.75, 3.05) is 6.54 Å². The van der Waals surface area contributed by atoms with E-state index in [1.807, 2.05) is 0 Å². The van der Waals surface area contributed by atoms with E-state index in [1.54, 1.807) is 0 Å². The fraction of sp³-hybridized carbons (Fsp3) is 0.600. The molecule has 1 atom stereocenters. The van der Waals surface area contributed by atoms with Crippen molar-refractivity contribution < 1.29 is 4.74 Å². The van der Waals surface area contributed by atoms with E-state index in [9.17, 15) is 0 Å². The van der Waals surface area contributed by atoms with E-state index in [-0.39, 0.29) is 5.60 Å². The van der Waals surface area contributed by atoms with Crippen molar-refractivity contribution in [2.45, 2.75) is 51.2 Å². The zero-order chi connectivity index (χ0) is 12.8. The Morgan fingerprint density at radius 3 is 3.00 bits per heavy atom. The third-order valence-electron chi connectivity index (χ3n) is 3.83. The summed E-state index contributed by atoms with van der Waals surface area (Å²) in [4.78, 5) is 0. The predicted octanol–water partition coefficient (Wildman–Crippen LogP) is 3.46. The molecule has 2 nitrogen and oxygen atoms in total. The van der Waals surface area contributed by atoms with E-state index in [2.05, 4.69) is 47.2 Å². The van der Waals surface area contributed by atoms with Gasteiger partial charge >= 0.3 is 0 Å². The number of hydrogen-bond donors (Lipinski definition) is 1. The smallest absolute Gasteiger partial charge is 0.126 e. The molecule has 1 fully saturated rings. The highest BCUT2D eigenvalue weighted by Gasteiger charge is 2.32. The van der Waals surface area contributed by atoms with Crippen LogP contribution in [0, 0.1) is 0 Å². The number of rotatable bonds is 2. The molecule has 1 aromatic carbocycles. The maximum absolute atomic E-state index is 6.14. The van der Waals surface area contributed by atoms with Crippen molar-refractivity contribution >= 4 is 15.9 Å². The summed E-state index contributed by atoms with van der Waals surface area (Å²) in [6, 6.07) is 5.05. The second kappa shape index (κ2) is 4.53. The van der Waals surface area contributed by atoms with Gasteiger partial charge in [0.15, 0.2) is 0 Å². The fourth-order valence-electron chi connectivity index (χ4n) is 3.09. The fourth-order valence-corrected chi connectivity index (χ4v) is 3.65. The number of hydrogen-bond acceptors (Lipinski definition) is 2. The lowest BCUT2D eigenvalue weighted by Crippen LogP contribution is -2.26. The summed E-state index contributed by atoms with van der Waals surface area (Å²) in [6.07, 6.45) is 4.67. The van der Waals surface area contributed by atoms with Crippen molar-refractivity contribution in [1.82, 2.24) is 5.32 Å². The Kier molecular flexibility index (Phi) is 3.15. The lowest BCUT2D eigenvalue weighted by atomic mass is 9.98. The number of benzene rings is 1. The molecule has 98 valence electrons. The Morgan fingerprint density at radius 2 is 2.28 bits per heavy atom. The zero-order valence-electron chi connectivity index (χ0n) is 11.1. The molecule has 1 unspecified atom stereocenters. The molecular weight excluding hydrogens is 290 g/mol. The van der Waals surface area contributed by atoms with E-state index in [1.165, 1.54) is 28.4 Å². The highest BCUT2D eigenvalue weighted by atomic mass is 79.9. The summed E-state index contributed by atoms with van der Waals surface area (Å²) in [6.45, 7) is 5.49. The molecule has 1 saturated heterocycles. The molecule has 2 aliphatic rings. The van der Waals surface area contributed by atoms with Crippen LogP contribution in [0.2, 0.25) is 0 Å². The molecule has 0 saturated carbocycles. The van der Waals surface area contributed by atoms with Crippen molar-refractivity contribution in [1.29, 1.82) is 0 Å². The topological polar surface area (TPSA) is 21.3 Å². The van der Waals surface area contributed by atoms with Gasteiger partial charge in [-0.2, -0.15) is 0 Å². The number of halogens is 1. The van der Waals surface area contributed by atoms with Crippen LogP contribution < -0.4 is 10.1 Å². The van der Waals surface area contributed by atoms with Gasteiger partial charge in [0.05, 0.1) is 0 Å². The number of nitrogens with one attached hydrogen (secondary N) is 1. The van der Waals surface area contributed by atoms with Gasteiger partial charge in [-0.15, -0.1) is 0 Å². The molecule has 0 amide bonds. The molecule has 2 aliphatic heterocycles. The lowest BCUT2D eigenvalue weighted by Gasteiger charge is -2.19. The molecule has 0 radical (unpaired) electrons. The monoisotopic (exact) mass is 309 g/mol. The second-order valence-corrected chi connectivity index (χ2v) is 7.00. The maximum Gasteiger partial charge on any atom is 0.126 e. The Morgan fingerprint density at radius 1 is 1.44 bits per heavy atom. The first-order valence-electron chi connectivity index (χ1n) is 6.77. The normalized spacial score (nSPS) is 24.9. The molecule has 1 aromatic rings. The van der Waals surface area contributed by atoms with Crippen LogP contribution in [0.5, 0.6) is 5.75 Å². The molecular formula is C15H20BrNO. The first-order chi connectivity index (χ1) is 8.53. The highest BCUT2D eigenvalue weighted by molar-refractivity contribution is 9.10. The van der Waals surface area contributed by atoms with E-state index in [0.717, 1.165) is 25.1 Å². The summed E-state index contributed by atoms with van der Waals surface area (Å²) >= 11 is 3.63. The summed E-state index contributed by atoms with van der Waals surface area (Å²) in [5, 5.41) is 3.57. The third kappa shape index (κ3) is 2.43. The van der Waals surface area contributed by atoms with Crippen LogP contribution in [0.3, 0.4) is 0 Å². The van der Waals surface area contributed by atoms with Crippen LogP contribution >= 0.6 is 15.9 Å². The molecule has 0 aliphatic carbocycles. The first kappa shape index (κ1) is 12.5. The van der Waals surface area contributed by atoms with Crippen LogP contribution in [0.1, 0.15) is 37.8 Å². The standard InChI is InChI=1S/C15H20BrNO/c1-15(2)9-11-7-12(16)6-10(14(11)18-15)8-13-4-3-5-17-13/h6-7,13,17H,3-5,8-9H2,1-2H3. The molecule has 3 rings (SSSR count). The summed E-state index contributed by atoms with van der Waals surface area (Å²) < 4.78 is 7.32. The molecule has 0 aromatic heterocycles. The first-order valence-corrected chi connectivity index (χ1v) is 7.56. The van der Waals surface area contributed by atoms with Crippen LogP contribution in [-0.4, -0.2) is 18.2 Å². The summed E-state index contributed by atoms with van der Waals surface area (Å²) in [5.41, 5.74) is 2.65. The number of fused-ring (bicyclic) bond motifs is 1. The summed E-state index contributed by atoms with van der Waals surface area (Å²) in [5.74, 6) is 1.14. The van der Waals surface area contributed by atoms with E-state index in [0.29, 0.717) is 6.04 Å². The minimum Gasteiger partial charge on any atom is -0.487 e. The largest absolute Gasteiger partial charge is 0.487 e. The number of ether oxygens (including phenoxy) is 1. The Bertz CT molecular complexity index is 464. The van der Waals surface area contributed by atoms with Crippen molar-refractivity contribution in [2.24, 2.45) is 0 Å². The van der Waals surface area contributed by atoms with Crippen molar-refractivity contribution in [3.63, 3.8) is 0 Å². The van der Waals surface area contributed by atoms with Gasteiger partial charge in [0.1, 0.15) is 11.4 Å². The Labute approximate surface area is 117 Å². The van der Waals surface area contributed by atoms with Gasteiger partial charge < -0.3 is 10.1 Å². The van der Waals surface area contributed by atoms with Gasteiger partial charge in [-0.3, -0.25) is 0 Å². The minimum absolute atomic E-state index is 0.0546. The third-order valence-corrected chi connectivity index (χ3v) is 4.29. The van der Waals surface area contributed by atoms with E-state index >= 15 is 0 Å². The molecule has 18 heavy (non-hydrogen) atoms. The van der Waals surface area contributed by atoms with Crippen LogP contribution in [0.15, 0.2) is 16.6 Å². The van der Waals surface area contributed by atoms with Gasteiger partial charge in [0.2, 0.25) is 0 Å². The summed E-state index contributed by atoms with van der Waals surface area (Å²) in [7, 11) is 0. The van der Waals surface area contributed by atoms with Gasteiger partial charge in [0.25, 0.3) is 0 Å². The highest BCUT2D eigenvalue weighted by Crippen LogP contribution is 2.40. The average Bonchev–Trinajstić information content (AvgIpc) is 2.84. The van der Waals surface area contributed by atoms with Crippen LogP contribution in [-0.2, 0) is 12.8 Å². The second-order valence-electron chi connectivity index (χ2n) is 6.09.